The third kappa shape index (κ3) is 2.24. The zero-order valence-corrected chi connectivity index (χ0v) is 10.3. The van der Waals surface area contributed by atoms with Gasteiger partial charge in [-0.15, -0.1) is 0 Å². The number of aromatic amines is 1. The zero-order chi connectivity index (χ0) is 13.2. The molecule has 1 unspecified atom stereocenters. The molecule has 0 saturated carbocycles. The number of aromatic nitrogens is 2. The van der Waals surface area contributed by atoms with E-state index >= 15 is 0 Å². The number of nitrogens with one attached hydrogen (secondary N) is 2. The summed E-state index contributed by atoms with van der Waals surface area (Å²) in [6.45, 7) is 2.15. The molecule has 1 atom stereocenters. The van der Waals surface area contributed by atoms with E-state index in [1.807, 2.05) is 0 Å². The molecule has 0 amide bonds. The predicted molar refractivity (Wildman–Crippen MR) is 70.2 cm³/mol. The van der Waals surface area contributed by atoms with Crippen molar-refractivity contribution in [2.24, 2.45) is 5.92 Å². The lowest BCUT2D eigenvalue weighted by Gasteiger charge is -2.11. The van der Waals surface area contributed by atoms with Gasteiger partial charge in [0.25, 0.3) is 5.69 Å². The van der Waals surface area contributed by atoms with Crippen molar-refractivity contribution >= 4 is 22.3 Å². The first-order chi connectivity index (χ1) is 9.25. The zero-order valence-electron chi connectivity index (χ0n) is 10.3. The first-order valence-corrected chi connectivity index (χ1v) is 6.18. The van der Waals surface area contributed by atoms with Gasteiger partial charge in [-0.2, -0.15) is 5.10 Å². The van der Waals surface area contributed by atoms with Crippen molar-refractivity contribution in [3.8, 4) is 0 Å². The van der Waals surface area contributed by atoms with Crippen LogP contribution in [0.15, 0.2) is 18.3 Å². The second-order valence-electron chi connectivity index (χ2n) is 4.66. The van der Waals surface area contributed by atoms with Crippen molar-refractivity contribution in [1.29, 1.82) is 0 Å². The van der Waals surface area contributed by atoms with Gasteiger partial charge in [-0.05, 0) is 12.5 Å². The van der Waals surface area contributed by atoms with E-state index < -0.39 is 0 Å². The standard InChI is InChI=1S/C12H14N4O3/c17-16(18)11-2-1-10-9(6-14-15-10)12(11)13-5-8-3-4-19-7-8/h1-2,6,8,13H,3-5,7H2,(H,14,15). The molecule has 1 aliphatic heterocycles. The summed E-state index contributed by atoms with van der Waals surface area (Å²) in [5, 5.41) is 21.8. The molecule has 1 fully saturated rings. The third-order valence-electron chi connectivity index (χ3n) is 3.39. The number of nitrogens with zero attached hydrogens (tertiary/aromatic N) is 2. The number of nitro groups is 1. The van der Waals surface area contributed by atoms with Gasteiger partial charge in [0, 0.05) is 30.5 Å². The molecule has 1 saturated heterocycles. The number of ether oxygens (including phenoxy) is 1. The smallest absolute Gasteiger partial charge is 0.293 e. The van der Waals surface area contributed by atoms with E-state index in [4.69, 9.17) is 4.74 Å². The molecule has 1 aromatic heterocycles. The quantitative estimate of drug-likeness (QED) is 0.648. The second kappa shape index (κ2) is 4.85. The normalized spacial score (nSPS) is 18.8. The van der Waals surface area contributed by atoms with Gasteiger partial charge < -0.3 is 10.1 Å². The number of fused-ring (bicyclic) bond motifs is 1. The van der Waals surface area contributed by atoms with Crippen LogP contribution < -0.4 is 5.32 Å². The minimum absolute atomic E-state index is 0.0767. The summed E-state index contributed by atoms with van der Waals surface area (Å²) in [6.07, 6.45) is 2.60. The molecule has 7 nitrogen and oxygen atoms in total. The molecule has 1 aromatic carbocycles. The first-order valence-electron chi connectivity index (χ1n) is 6.18. The number of hydrogen-bond donors (Lipinski definition) is 2. The Morgan fingerprint density at radius 1 is 1.58 bits per heavy atom. The Morgan fingerprint density at radius 2 is 2.47 bits per heavy atom. The van der Waals surface area contributed by atoms with E-state index in [1.54, 1.807) is 12.3 Å². The van der Waals surface area contributed by atoms with Crippen LogP contribution in [0, 0.1) is 16.0 Å². The van der Waals surface area contributed by atoms with Crippen molar-refractivity contribution in [2.75, 3.05) is 25.1 Å². The molecule has 2 aromatic rings. The molecule has 7 heteroatoms. The lowest BCUT2D eigenvalue weighted by Crippen LogP contribution is -2.15. The Kier molecular flexibility index (Phi) is 3.04. The van der Waals surface area contributed by atoms with Crippen LogP contribution in [-0.4, -0.2) is 34.9 Å². The molecular weight excluding hydrogens is 248 g/mol. The Labute approximate surface area is 109 Å². The van der Waals surface area contributed by atoms with Crippen molar-refractivity contribution in [3.05, 3.63) is 28.4 Å². The average molecular weight is 262 g/mol. The topological polar surface area (TPSA) is 93.1 Å². The Morgan fingerprint density at radius 3 is 3.21 bits per heavy atom. The van der Waals surface area contributed by atoms with E-state index in [0.717, 1.165) is 23.9 Å². The van der Waals surface area contributed by atoms with E-state index in [0.29, 0.717) is 24.8 Å². The van der Waals surface area contributed by atoms with Crippen LogP contribution in [0.1, 0.15) is 6.42 Å². The number of nitro benzene ring substituents is 1. The number of H-pyrrole nitrogens is 1. The summed E-state index contributed by atoms with van der Waals surface area (Å²) in [4.78, 5) is 10.7. The maximum absolute atomic E-state index is 11.1. The average Bonchev–Trinajstić information content (AvgIpc) is 3.06. The van der Waals surface area contributed by atoms with Crippen molar-refractivity contribution in [3.63, 3.8) is 0 Å². The van der Waals surface area contributed by atoms with Crippen LogP contribution in [0.3, 0.4) is 0 Å². The molecule has 2 heterocycles. The Bertz CT molecular complexity index is 604. The number of rotatable bonds is 4. The number of hydrogen-bond acceptors (Lipinski definition) is 5. The van der Waals surface area contributed by atoms with Gasteiger partial charge in [0.1, 0.15) is 5.69 Å². The van der Waals surface area contributed by atoms with Crippen LogP contribution in [0.2, 0.25) is 0 Å². The molecule has 100 valence electrons. The van der Waals surface area contributed by atoms with Gasteiger partial charge in [-0.25, -0.2) is 0 Å². The first kappa shape index (κ1) is 11.9. The second-order valence-corrected chi connectivity index (χ2v) is 4.66. The highest BCUT2D eigenvalue weighted by Crippen LogP contribution is 2.32. The monoisotopic (exact) mass is 262 g/mol. The number of anilines is 1. The summed E-state index contributed by atoms with van der Waals surface area (Å²) in [7, 11) is 0. The lowest BCUT2D eigenvalue weighted by atomic mass is 10.1. The highest BCUT2D eigenvalue weighted by Gasteiger charge is 2.20. The molecule has 0 aliphatic carbocycles. The van der Waals surface area contributed by atoms with Gasteiger partial charge >= 0.3 is 0 Å². The van der Waals surface area contributed by atoms with Gasteiger partial charge in [0.2, 0.25) is 0 Å². The van der Waals surface area contributed by atoms with Crippen LogP contribution in [0.4, 0.5) is 11.4 Å². The van der Waals surface area contributed by atoms with Crippen molar-refractivity contribution in [1.82, 2.24) is 10.2 Å². The van der Waals surface area contributed by atoms with Crippen LogP contribution in [-0.2, 0) is 4.74 Å². The van der Waals surface area contributed by atoms with Gasteiger partial charge in [0.15, 0.2) is 0 Å². The van der Waals surface area contributed by atoms with E-state index in [9.17, 15) is 10.1 Å². The summed E-state index contributed by atoms with van der Waals surface area (Å²) >= 11 is 0. The molecule has 0 bridgehead atoms. The third-order valence-corrected chi connectivity index (χ3v) is 3.39. The number of benzene rings is 1. The molecule has 19 heavy (non-hydrogen) atoms. The van der Waals surface area contributed by atoms with Crippen molar-refractivity contribution < 1.29 is 9.66 Å². The van der Waals surface area contributed by atoms with E-state index in [-0.39, 0.29) is 10.6 Å². The fourth-order valence-corrected chi connectivity index (χ4v) is 2.33. The van der Waals surface area contributed by atoms with Crippen LogP contribution >= 0.6 is 0 Å². The molecular formula is C12H14N4O3. The fraction of sp³-hybridized carbons (Fsp3) is 0.417. The summed E-state index contributed by atoms with van der Waals surface area (Å²) in [5.74, 6) is 0.404. The lowest BCUT2D eigenvalue weighted by molar-refractivity contribution is -0.383. The maximum atomic E-state index is 11.1. The van der Waals surface area contributed by atoms with Crippen LogP contribution in [0.25, 0.3) is 10.9 Å². The molecule has 1 aliphatic rings. The minimum Gasteiger partial charge on any atom is -0.381 e. The summed E-state index contributed by atoms with van der Waals surface area (Å²) < 4.78 is 5.30. The highest BCUT2D eigenvalue weighted by molar-refractivity contribution is 5.96. The van der Waals surface area contributed by atoms with Gasteiger partial charge in [-0.3, -0.25) is 15.2 Å². The molecule has 0 spiro atoms. The van der Waals surface area contributed by atoms with Gasteiger partial charge in [-0.1, -0.05) is 0 Å². The van der Waals surface area contributed by atoms with Crippen molar-refractivity contribution in [2.45, 2.75) is 6.42 Å². The summed E-state index contributed by atoms with van der Waals surface area (Å²) in [6, 6.07) is 3.17. The summed E-state index contributed by atoms with van der Waals surface area (Å²) in [5.41, 5.74) is 1.40. The maximum Gasteiger partial charge on any atom is 0.293 e. The SMILES string of the molecule is O=[N+]([O-])c1ccc2[nH]ncc2c1NCC1CCOC1. The molecule has 3 rings (SSSR count). The van der Waals surface area contributed by atoms with Crippen LogP contribution in [0.5, 0.6) is 0 Å². The molecule has 2 N–H and O–H groups in total. The Balaban J connectivity index is 1.91. The minimum atomic E-state index is -0.375. The van der Waals surface area contributed by atoms with E-state index in [2.05, 4.69) is 15.5 Å². The van der Waals surface area contributed by atoms with E-state index in [1.165, 1.54) is 6.07 Å². The largest absolute Gasteiger partial charge is 0.381 e. The fourth-order valence-electron chi connectivity index (χ4n) is 2.33. The predicted octanol–water partition coefficient (Wildman–Crippen LogP) is 1.92. The molecule has 0 radical (unpaired) electrons. The Hall–Kier alpha value is -2.15. The van der Waals surface area contributed by atoms with Gasteiger partial charge in [0.05, 0.1) is 23.2 Å². The highest BCUT2D eigenvalue weighted by atomic mass is 16.6.